The number of fused-ring (bicyclic) bond motifs is 3. The van der Waals surface area contributed by atoms with Gasteiger partial charge in [0.05, 0.1) is 0 Å². The van der Waals surface area contributed by atoms with Crippen molar-refractivity contribution in [1.82, 2.24) is 0 Å². The van der Waals surface area contributed by atoms with Gasteiger partial charge in [0.25, 0.3) is 0 Å². The average molecular weight is 912 g/mol. The Balaban J connectivity index is 0.000000156. The SMILES string of the molecule is CC(C)(C)c1ccc2c(c1)[cH-]c1cc(C(C)(C)C)ccc12.[C-]1=CC=CC1.[Hf+2]=[C](CCCc1ccccc1)c1ccccc1.c1ccc(CCc2ccccc2)cc1. The largest absolute Gasteiger partial charge is 0.0622 e. The summed E-state index contributed by atoms with van der Waals surface area (Å²) >= 11 is 1.17. The Kier molecular flexibility index (Phi) is 16.6. The van der Waals surface area contributed by atoms with Crippen molar-refractivity contribution in [3.63, 3.8) is 0 Å². The Bertz CT molecular complexity index is 2170. The maximum Gasteiger partial charge on any atom is -0.0238 e. The van der Waals surface area contributed by atoms with E-state index in [4.69, 9.17) is 0 Å². The van der Waals surface area contributed by atoms with Crippen LogP contribution in [0.3, 0.4) is 0 Å². The van der Waals surface area contributed by atoms with Gasteiger partial charge in [0, 0.05) is 0 Å². The fourth-order valence-corrected chi connectivity index (χ4v) is 8.01. The first-order valence-corrected chi connectivity index (χ1v) is 22.4. The minimum Gasteiger partial charge on any atom is -0.0622 e. The molecule has 7 aromatic rings. The van der Waals surface area contributed by atoms with E-state index < -0.39 is 0 Å². The molecule has 1 heteroatoms. The fraction of sp³-hybridized carbons (Fsp3) is 0.250. The summed E-state index contributed by atoms with van der Waals surface area (Å²) in [6, 6.07) is 59.0. The molecule has 0 aliphatic heterocycles. The third-order valence-electron chi connectivity index (χ3n) is 10.3. The van der Waals surface area contributed by atoms with Crippen molar-refractivity contribution in [3.8, 4) is 0 Å². The van der Waals surface area contributed by atoms with E-state index >= 15 is 0 Å². The maximum absolute atomic E-state index is 2.99. The van der Waals surface area contributed by atoms with Crippen LogP contribution in [0.5, 0.6) is 0 Å². The molecular formula is C56H60Hf. The van der Waals surface area contributed by atoms with Crippen molar-refractivity contribution >= 4 is 24.8 Å². The van der Waals surface area contributed by atoms with Gasteiger partial charge in [-0.25, -0.2) is 12.2 Å². The monoisotopic (exact) mass is 912 g/mol. The molecule has 7 aromatic carbocycles. The molecule has 1 aliphatic rings. The molecule has 1 aliphatic carbocycles. The Morgan fingerprint density at radius 1 is 0.544 bits per heavy atom. The molecule has 0 heterocycles. The van der Waals surface area contributed by atoms with Crippen LogP contribution < -0.4 is 0 Å². The molecule has 0 saturated heterocycles. The van der Waals surface area contributed by atoms with Crippen molar-refractivity contribution in [2.75, 3.05) is 0 Å². The number of hydrogen-bond donors (Lipinski definition) is 0. The van der Waals surface area contributed by atoms with E-state index in [9.17, 15) is 0 Å². The first kappa shape index (κ1) is 43.5. The number of allylic oxidation sites excluding steroid dienone is 4. The molecule has 0 aromatic heterocycles. The van der Waals surface area contributed by atoms with Crippen LogP contribution in [0.25, 0.3) is 21.5 Å². The molecule has 0 bridgehead atoms. The zero-order valence-corrected chi connectivity index (χ0v) is 38.7. The van der Waals surface area contributed by atoms with Gasteiger partial charge in [-0.1, -0.05) is 138 Å². The van der Waals surface area contributed by atoms with Crippen LogP contribution in [0.15, 0.2) is 182 Å². The van der Waals surface area contributed by atoms with E-state index in [0.717, 1.165) is 19.3 Å². The second-order valence-corrected chi connectivity index (χ2v) is 19.1. The number of rotatable bonds is 8. The Morgan fingerprint density at radius 2 is 0.965 bits per heavy atom. The summed E-state index contributed by atoms with van der Waals surface area (Å²) in [7, 11) is 0. The fourth-order valence-electron chi connectivity index (χ4n) is 6.77. The Hall–Kier alpha value is -4.59. The predicted molar refractivity (Wildman–Crippen MR) is 246 cm³/mol. The molecule has 0 N–H and O–H groups in total. The standard InChI is InChI=1S/C21H25.C16H16.C14H14.C5H5.Hf/c1-20(2,3)16-7-9-18-14(12-16)11-15-13-17(21(4,5)6)8-10-19(15)18;1-3-9-15(10-4-1)13-7-8-14-16-11-5-2-6-12-16;1-3-7-13(8-4-1)11-12-14-9-5-2-6-10-14;1-2-4-5-3-1;/h7-13H,1-6H3;1-6,9-12H,7-8,13H2;1-10H,11-12H2;1-3H,4H2;/q-1;;;-1;+2. The molecule has 0 atom stereocenters. The second kappa shape index (κ2) is 21.8. The van der Waals surface area contributed by atoms with Crippen molar-refractivity contribution in [2.45, 2.75) is 90.9 Å². The van der Waals surface area contributed by atoms with Gasteiger partial charge < -0.3 is 0 Å². The van der Waals surface area contributed by atoms with Crippen LogP contribution >= 0.6 is 0 Å². The van der Waals surface area contributed by atoms with Gasteiger partial charge >= 0.3 is 118 Å². The summed E-state index contributed by atoms with van der Waals surface area (Å²) in [5.41, 5.74) is 8.93. The summed E-state index contributed by atoms with van der Waals surface area (Å²) in [5, 5.41) is 5.48. The second-order valence-electron chi connectivity index (χ2n) is 16.9. The predicted octanol–water partition coefficient (Wildman–Crippen LogP) is 14.9. The van der Waals surface area contributed by atoms with Gasteiger partial charge in [0.15, 0.2) is 0 Å². The summed E-state index contributed by atoms with van der Waals surface area (Å²) < 4.78 is 1.63. The molecule has 0 unspecified atom stereocenters. The van der Waals surface area contributed by atoms with E-state index in [-0.39, 0.29) is 10.8 Å². The van der Waals surface area contributed by atoms with E-state index in [1.165, 1.54) is 98.1 Å². The van der Waals surface area contributed by atoms with Crippen LogP contribution in [0.1, 0.15) is 94.2 Å². The van der Waals surface area contributed by atoms with Crippen molar-refractivity contribution < 1.29 is 23.9 Å². The summed E-state index contributed by atoms with van der Waals surface area (Å²) in [6.07, 6.45) is 16.0. The van der Waals surface area contributed by atoms with Crippen molar-refractivity contribution in [3.05, 3.63) is 221 Å². The summed E-state index contributed by atoms with van der Waals surface area (Å²) in [4.78, 5) is 0. The van der Waals surface area contributed by atoms with Crippen molar-refractivity contribution in [2.24, 2.45) is 0 Å². The normalized spacial score (nSPS) is 11.9. The Morgan fingerprint density at radius 3 is 1.33 bits per heavy atom. The van der Waals surface area contributed by atoms with E-state index in [1.54, 1.807) is 3.26 Å². The van der Waals surface area contributed by atoms with Crippen LogP contribution in [0.4, 0.5) is 0 Å². The number of benzene rings is 6. The molecule has 0 spiro atoms. The maximum atomic E-state index is 2.99. The molecule has 0 amide bonds. The van der Waals surface area contributed by atoms with Gasteiger partial charge in [-0.15, -0.1) is 46.2 Å². The Labute approximate surface area is 358 Å². The first-order valence-electron chi connectivity index (χ1n) is 20.6. The molecule has 0 nitrogen and oxygen atoms in total. The summed E-state index contributed by atoms with van der Waals surface area (Å²) in [5.74, 6) is 0. The van der Waals surface area contributed by atoms with E-state index in [0.29, 0.717) is 0 Å². The molecular weight excluding hydrogens is 851 g/mol. The van der Waals surface area contributed by atoms with Crippen LogP contribution in [0.2, 0.25) is 0 Å². The van der Waals surface area contributed by atoms with Crippen LogP contribution in [-0.2, 0) is 54.0 Å². The molecule has 57 heavy (non-hydrogen) atoms. The third kappa shape index (κ3) is 14.4. The topological polar surface area (TPSA) is 0 Å². The summed E-state index contributed by atoms with van der Waals surface area (Å²) in [6.45, 7) is 13.6. The van der Waals surface area contributed by atoms with Gasteiger partial charge in [0.1, 0.15) is 0 Å². The van der Waals surface area contributed by atoms with Crippen LogP contribution in [-0.4, -0.2) is 3.26 Å². The first-order chi connectivity index (χ1) is 27.5. The number of aryl methyl sites for hydroxylation is 3. The van der Waals surface area contributed by atoms with Gasteiger partial charge in [-0.2, -0.15) is 6.08 Å². The zero-order valence-electron chi connectivity index (χ0n) is 35.1. The van der Waals surface area contributed by atoms with Gasteiger partial charge in [0.2, 0.25) is 0 Å². The smallest absolute Gasteiger partial charge is 0.0238 e. The number of hydrogen-bond acceptors (Lipinski definition) is 0. The van der Waals surface area contributed by atoms with Crippen molar-refractivity contribution in [1.29, 1.82) is 0 Å². The van der Waals surface area contributed by atoms with E-state index in [2.05, 4.69) is 217 Å². The molecule has 0 fully saturated rings. The molecule has 288 valence electrons. The van der Waals surface area contributed by atoms with Gasteiger partial charge in [-0.3, -0.25) is 6.08 Å². The minimum absolute atomic E-state index is 0.203. The molecule has 8 rings (SSSR count). The third-order valence-corrected chi connectivity index (χ3v) is 12.2. The minimum atomic E-state index is 0.203. The molecule has 0 radical (unpaired) electrons. The zero-order chi connectivity index (χ0) is 40.5. The van der Waals surface area contributed by atoms with Gasteiger partial charge in [-0.05, 0) is 34.8 Å². The molecule has 0 saturated carbocycles. The quantitative estimate of drug-likeness (QED) is 0.105. The van der Waals surface area contributed by atoms with E-state index in [1.807, 2.05) is 12.2 Å². The van der Waals surface area contributed by atoms with Crippen LogP contribution in [0, 0.1) is 6.08 Å². The average Bonchev–Trinajstić information content (AvgIpc) is 3.94.